The molecular formula is C24H21Cl2N5O3. The third-order valence-corrected chi connectivity index (χ3v) is 5.34. The summed E-state index contributed by atoms with van der Waals surface area (Å²) >= 11 is 12.4. The first-order valence-electron chi connectivity index (χ1n) is 10.3. The number of hydrogen-bond donors (Lipinski definition) is 2. The van der Waals surface area contributed by atoms with E-state index in [1.54, 1.807) is 74.4 Å². The van der Waals surface area contributed by atoms with Gasteiger partial charge in [0.05, 0.1) is 50.7 Å². The molecule has 4 rings (SSSR count). The highest BCUT2D eigenvalue weighted by atomic mass is 35.5. The molecule has 174 valence electrons. The SMILES string of the molecule is CC(C)(C)OC(=O)Nc1cnc2c(NC(=O)c3c(Cl)cccc3Cl)cccc2c1-n1ccnc1. The van der Waals surface area contributed by atoms with Crippen LogP contribution >= 0.6 is 23.2 Å². The lowest BCUT2D eigenvalue weighted by Gasteiger charge is -2.21. The number of fused-ring (bicyclic) bond motifs is 1. The van der Waals surface area contributed by atoms with Gasteiger partial charge in [0.2, 0.25) is 0 Å². The summed E-state index contributed by atoms with van der Waals surface area (Å²) in [5.74, 6) is -0.468. The van der Waals surface area contributed by atoms with Crippen LogP contribution < -0.4 is 10.6 Å². The van der Waals surface area contributed by atoms with Gasteiger partial charge in [0.25, 0.3) is 5.91 Å². The lowest BCUT2D eigenvalue weighted by atomic mass is 10.1. The number of anilines is 2. The third-order valence-electron chi connectivity index (χ3n) is 4.71. The molecule has 0 fully saturated rings. The minimum atomic E-state index is -0.666. The van der Waals surface area contributed by atoms with Crippen LogP contribution in [0.1, 0.15) is 31.1 Å². The summed E-state index contributed by atoms with van der Waals surface area (Å²) in [6.45, 7) is 5.34. The van der Waals surface area contributed by atoms with Gasteiger partial charge in [-0.2, -0.15) is 0 Å². The van der Waals surface area contributed by atoms with Crippen LogP contribution in [0.3, 0.4) is 0 Å². The van der Waals surface area contributed by atoms with Gasteiger partial charge in [-0.3, -0.25) is 15.1 Å². The number of amides is 2. The molecule has 8 nitrogen and oxygen atoms in total. The second-order valence-electron chi connectivity index (χ2n) is 8.37. The maximum Gasteiger partial charge on any atom is 0.412 e. The molecule has 0 aliphatic heterocycles. The summed E-state index contributed by atoms with van der Waals surface area (Å²) in [4.78, 5) is 34.0. The zero-order valence-corrected chi connectivity index (χ0v) is 20.1. The van der Waals surface area contributed by atoms with Crippen molar-refractivity contribution in [1.82, 2.24) is 14.5 Å². The van der Waals surface area contributed by atoms with Crippen LogP contribution in [0.25, 0.3) is 16.6 Å². The summed E-state index contributed by atoms with van der Waals surface area (Å²) in [6.07, 6.45) is 5.84. The first-order chi connectivity index (χ1) is 16.1. The number of ether oxygens (including phenoxy) is 1. The minimum Gasteiger partial charge on any atom is -0.444 e. The van der Waals surface area contributed by atoms with Crippen molar-refractivity contribution in [3.05, 3.63) is 76.9 Å². The van der Waals surface area contributed by atoms with E-state index in [2.05, 4.69) is 20.6 Å². The van der Waals surface area contributed by atoms with E-state index in [1.165, 1.54) is 6.20 Å². The molecule has 0 bridgehead atoms. The second-order valence-corrected chi connectivity index (χ2v) is 9.18. The molecule has 0 saturated carbocycles. The molecule has 2 amide bonds. The predicted molar refractivity (Wildman–Crippen MR) is 133 cm³/mol. The highest BCUT2D eigenvalue weighted by Gasteiger charge is 2.21. The molecule has 2 aromatic carbocycles. The summed E-state index contributed by atoms with van der Waals surface area (Å²) in [5.41, 5.74) is 1.47. The lowest BCUT2D eigenvalue weighted by molar-refractivity contribution is 0.0635. The highest BCUT2D eigenvalue weighted by molar-refractivity contribution is 6.40. The molecule has 0 unspecified atom stereocenters. The number of carbonyl (C=O) groups is 2. The van der Waals surface area contributed by atoms with Crippen molar-refractivity contribution in [2.45, 2.75) is 26.4 Å². The highest BCUT2D eigenvalue weighted by Crippen LogP contribution is 2.33. The Hall–Kier alpha value is -3.62. The summed E-state index contributed by atoms with van der Waals surface area (Å²) < 4.78 is 7.13. The van der Waals surface area contributed by atoms with Crippen molar-refractivity contribution >= 4 is 57.5 Å². The van der Waals surface area contributed by atoms with E-state index >= 15 is 0 Å². The number of rotatable bonds is 4. The van der Waals surface area contributed by atoms with E-state index in [0.717, 1.165) is 0 Å². The van der Waals surface area contributed by atoms with Gasteiger partial charge in [-0.1, -0.05) is 41.4 Å². The molecule has 34 heavy (non-hydrogen) atoms. The Bertz CT molecular complexity index is 1360. The van der Waals surface area contributed by atoms with Crippen LogP contribution in [0.5, 0.6) is 0 Å². The molecular weight excluding hydrogens is 477 g/mol. The second kappa shape index (κ2) is 9.32. The van der Waals surface area contributed by atoms with Crippen LogP contribution in [-0.4, -0.2) is 32.1 Å². The van der Waals surface area contributed by atoms with Crippen LogP contribution in [-0.2, 0) is 4.74 Å². The van der Waals surface area contributed by atoms with Gasteiger partial charge in [-0.15, -0.1) is 0 Å². The molecule has 0 aliphatic carbocycles. The average molecular weight is 498 g/mol. The van der Waals surface area contributed by atoms with Gasteiger partial charge in [-0.05, 0) is 39.0 Å². The Morgan fingerprint density at radius 2 is 1.71 bits per heavy atom. The number of nitrogens with zero attached hydrogens (tertiary/aromatic N) is 3. The van der Waals surface area contributed by atoms with Gasteiger partial charge in [0, 0.05) is 17.8 Å². The van der Waals surface area contributed by atoms with Crippen LogP contribution in [0.4, 0.5) is 16.2 Å². The number of halogens is 2. The Morgan fingerprint density at radius 1 is 1.00 bits per heavy atom. The molecule has 2 aromatic heterocycles. The minimum absolute atomic E-state index is 0.167. The predicted octanol–water partition coefficient (Wildman–Crippen LogP) is 6.33. The van der Waals surface area contributed by atoms with E-state index in [9.17, 15) is 9.59 Å². The normalized spacial score (nSPS) is 11.3. The fourth-order valence-electron chi connectivity index (χ4n) is 3.38. The van der Waals surface area contributed by atoms with Gasteiger partial charge in [0.15, 0.2) is 0 Å². The Labute approximate surface area is 205 Å². The Kier molecular flexibility index (Phi) is 6.45. The summed E-state index contributed by atoms with van der Waals surface area (Å²) in [7, 11) is 0. The van der Waals surface area contributed by atoms with Crippen molar-refractivity contribution in [3.8, 4) is 5.69 Å². The van der Waals surface area contributed by atoms with E-state index in [-0.39, 0.29) is 15.6 Å². The molecule has 2 heterocycles. The number of benzene rings is 2. The number of pyridine rings is 1. The van der Waals surface area contributed by atoms with Gasteiger partial charge in [0.1, 0.15) is 5.60 Å². The lowest BCUT2D eigenvalue weighted by Crippen LogP contribution is -2.27. The number of hydrogen-bond acceptors (Lipinski definition) is 5. The number of para-hydroxylation sites is 1. The van der Waals surface area contributed by atoms with Crippen molar-refractivity contribution < 1.29 is 14.3 Å². The summed E-state index contributed by atoms with van der Waals surface area (Å²) in [6, 6.07) is 10.2. The molecule has 4 aromatic rings. The number of imidazole rings is 1. The monoisotopic (exact) mass is 497 g/mol. The number of nitrogens with one attached hydrogen (secondary N) is 2. The fourth-order valence-corrected chi connectivity index (χ4v) is 3.95. The first-order valence-corrected chi connectivity index (χ1v) is 11.0. The Morgan fingerprint density at radius 3 is 2.35 bits per heavy atom. The topological polar surface area (TPSA) is 98.1 Å². The molecule has 0 atom stereocenters. The van der Waals surface area contributed by atoms with Gasteiger partial charge >= 0.3 is 6.09 Å². The largest absolute Gasteiger partial charge is 0.444 e. The van der Waals surface area contributed by atoms with Gasteiger partial charge in [-0.25, -0.2) is 9.78 Å². The molecule has 0 spiro atoms. The maximum atomic E-state index is 13.0. The smallest absolute Gasteiger partial charge is 0.412 e. The standard InChI is InChI=1S/C24H21Cl2N5O3/c1-24(2,3)34-23(33)30-18-12-28-20-14(21(18)31-11-10-27-13-31)6-4-9-17(20)29-22(32)19-15(25)7-5-8-16(19)26/h4-13H,1-3H3,(H,29,32)(H,30,33). The van der Waals surface area contributed by atoms with Crippen molar-refractivity contribution in [3.63, 3.8) is 0 Å². The van der Waals surface area contributed by atoms with Crippen LogP contribution in [0, 0.1) is 0 Å². The van der Waals surface area contributed by atoms with E-state index in [4.69, 9.17) is 27.9 Å². The van der Waals surface area contributed by atoms with Crippen LogP contribution in [0.15, 0.2) is 61.3 Å². The fraction of sp³-hybridized carbons (Fsp3) is 0.167. The molecule has 0 radical (unpaired) electrons. The van der Waals surface area contributed by atoms with E-state index in [0.29, 0.717) is 28.0 Å². The molecule has 10 heteroatoms. The molecule has 0 aliphatic rings. The molecule has 2 N–H and O–H groups in total. The molecule has 0 saturated heterocycles. The quantitative estimate of drug-likeness (QED) is 0.343. The third kappa shape index (κ3) is 4.98. The maximum absolute atomic E-state index is 13.0. The first kappa shape index (κ1) is 23.5. The van der Waals surface area contributed by atoms with Crippen molar-refractivity contribution in [2.75, 3.05) is 10.6 Å². The van der Waals surface area contributed by atoms with Crippen molar-refractivity contribution in [2.24, 2.45) is 0 Å². The number of aromatic nitrogens is 3. The Balaban J connectivity index is 1.78. The van der Waals surface area contributed by atoms with E-state index < -0.39 is 17.6 Å². The zero-order valence-electron chi connectivity index (χ0n) is 18.6. The van der Waals surface area contributed by atoms with E-state index in [1.807, 2.05) is 6.07 Å². The zero-order chi connectivity index (χ0) is 24.5. The summed E-state index contributed by atoms with van der Waals surface area (Å²) in [5, 5.41) is 6.73. The van der Waals surface area contributed by atoms with Crippen molar-refractivity contribution in [1.29, 1.82) is 0 Å². The van der Waals surface area contributed by atoms with Gasteiger partial charge < -0.3 is 14.6 Å². The number of carbonyl (C=O) groups excluding carboxylic acids is 2. The average Bonchev–Trinajstić information content (AvgIpc) is 3.26. The van der Waals surface area contributed by atoms with Crippen LogP contribution in [0.2, 0.25) is 10.0 Å².